The monoisotopic (exact) mass is 370 g/mol. The van der Waals surface area contributed by atoms with Crippen LogP contribution >= 0.6 is 0 Å². The summed E-state index contributed by atoms with van der Waals surface area (Å²) in [5.74, 6) is 1.49. The van der Waals surface area contributed by atoms with Crippen molar-refractivity contribution in [3.05, 3.63) is 23.8 Å². The van der Waals surface area contributed by atoms with Gasteiger partial charge in [0.25, 0.3) is 0 Å². The Balaban J connectivity index is 1.82. The minimum absolute atomic E-state index is 0.0835. The van der Waals surface area contributed by atoms with Crippen LogP contribution in [0.5, 0.6) is 11.5 Å². The molecule has 25 heavy (non-hydrogen) atoms. The Morgan fingerprint density at radius 3 is 2.44 bits per heavy atom. The maximum absolute atomic E-state index is 12.3. The van der Waals surface area contributed by atoms with E-state index in [1.165, 1.54) is 0 Å². The van der Waals surface area contributed by atoms with Crippen LogP contribution < -0.4 is 14.8 Å². The first-order valence-electron chi connectivity index (χ1n) is 8.29. The maximum Gasteiger partial charge on any atom is 0.237 e. The normalized spacial score (nSPS) is 18.4. The first kappa shape index (κ1) is 19.5. The van der Waals surface area contributed by atoms with E-state index in [4.69, 9.17) is 9.47 Å². The van der Waals surface area contributed by atoms with Gasteiger partial charge in [0, 0.05) is 19.6 Å². The van der Waals surface area contributed by atoms with Crippen molar-refractivity contribution in [2.24, 2.45) is 0 Å². The smallest absolute Gasteiger partial charge is 0.237 e. The molecule has 0 spiro atoms. The molecule has 1 N–H and O–H groups in total. The van der Waals surface area contributed by atoms with Crippen LogP contribution in [-0.2, 0) is 21.1 Å². The molecular weight excluding hydrogens is 344 g/mol. The molecule has 0 radical (unpaired) electrons. The average Bonchev–Trinajstić information content (AvgIpc) is 2.60. The molecular formula is C17H26N2O5S. The Labute approximate surface area is 149 Å². The van der Waals surface area contributed by atoms with Crippen molar-refractivity contribution in [3.63, 3.8) is 0 Å². The zero-order chi connectivity index (χ0) is 18.4. The molecule has 0 bridgehead atoms. The van der Waals surface area contributed by atoms with Crippen molar-refractivity contribution >= 4 is 15.7 Å². The van der Waals surface area contributed by atoms with Gasteiger partial charge in [-0.05, 0) is 31.0 Å². The van der Waals surface area contributed by atoms with Crippen molar-refractivity contribution in [2.45, 2.75) is 19.4 Å². The number of amides is 1. The van der Waals surface area contributed by atoms with Crippen molar-refractivity contribution < 1.29 is 22.7 Å². The molecule has 0 saturated carbocycles. The Morgan fingerprint density at radius 2 is 1.84 bits per heavy atom. The van der Waals surface area contributed by atoms with E-state index in [-0.39, 0.29) is 23.5 Å². The largest absolute Gasteiger partial charge is 0.493 e. The molecule has 1 aliphatic heterocycles. The quantitative estimate of drug-likeness (QED) is 0.752. The second kappa shape index (κ2) is 8.53. The second-order valence-electron chi connectivity index (χ2n) is 6.09. The number of benzene rings is 1. The van der Waals surface area contributed by atoms with Crippen LogP contribution in [-0.4, -0.2) is 70.6 Å². The van der Waals surface area contributed by atoms with Crippen LogP contribution in [0.15, 0.2) is 18.2 Å². The molecule has 0 aromatic heterocycles. The molecule has 2 rings (SSSR count). The van der Waals surface area contributed by atoms with Gasteiger partial charge in [0.15, 0.2) is 21.3 Å². The predicted octanol–water partition coefficient (Wildman–Crippen LogP) is 0.481. The summed E-state index contributed by atoms with van der Waals surface area (Å²) < 4.78 is 33.4. The molecule has 1 aromatic carbocycles. The molecule has 1 unspecified atom stereocenters. The first-order chi connectivity index (χ1) is 11.9. The van der Waals surface area contributed by atoms with Gasteiger partial charge in [-0.15, -0.1) is 0 Å². The van der Waals surface area contributed by atoms with Gasteiger partial charge in [-0.3, -0.25) is 9.69 Å². The molecule has 1 heterocycles. The van der Waals surface area contributed by atoms with Crippen LogP contribution in [0.4, 0.5) is 0 Å². The molecule has 0 aliphatic carbocycles. The summed E-state index contributed by atoms with van der Waals surface area (Å²) in [4.78, 5) is 14.2. The molecule has 1 fully saturated rings. The fourth-order valence-electron chi connectivity index (χ4n) is 2.79. The Hall–Kier alpha value is -1.80. The van der Waals surface area contributed by atoms with Crippen molar-refractivity contribution in [1.82, 2.24) is 10.2 Å². The number of hydrogen-bond acceptors (Lipinski definition) is 6. The number of nitrogens with one attached hydrogen (secondary N) is 1. The lowest BCUT2D eigenvalue weighted by molar-refractivity contribution is -0.125. The summed E-state index contributed by atoms with van der Waals surface area (Å²) in [6.07, 6.45) is 0.674. The minimum atomic E-state index is -2.94. The molecule has 1 aliphatic rings. The summed E-state index contributed by atoms with van der Waals surface area (Å²) in [7, 11) is 0.240. The Kier molecular flexibility index (Phi) is 6.66. The topological polar surface area (TPSA) is 84.9 Å². The third-order valence-corrected chi connectivity index (χ3v) is 6.08. The number of carbonyl (C=O) groups is 1. The SMILES string of the molecule is COc1ccc(CCNC(=O)C(C)N2CCS(=O)(=O)CC2)cc1OC. The summed E-state index contributed by atoms with van der Waals surface area (Å²) in [6, 6.07) is 5.34. The van der Waals surface area contributed by atoms with E-state index in [2.05, 4.69) is 5.32 Å². The predicted molar refractivity (Wildman–Crippen MR) is 95.9 cm³/mol. The van der Waals surface area contributed by atoms with Gasteiger partial charge in [0.1, 0.15) is 0 Å². The van der Waals surface area contributed by atoms with Crippen molar-refractivity contribution in [3.8, 4) is 11.5 Å². The lowest BCUT2D eigenvalue weighted by Gasteiger charge is -2.31. The minimum Gasteiger partial charge on any atom is -0.493 e. The number of rotatable bonds is 7. The van der Waals surface area contributed by atoms with E-state index in [9.17, 15) is 13.2 Å². The third kappa shape index (κ3) is 5.34. The number of hydrogen-bond donors (Lipinski definition) is 1. The highest BCUT2D eigenvalue weighted by Crippen LogP contribution is 2.27. The van der Waals surface area contributed by atoms with E-state index in [0.29, 0.717) is 37.6 Å². The number of carbonyl (C=O) groups excluding carboxylic acids is 1. The fraction of sp³-hybridized carbons (Fsp3) is 0.588. The number of sulfone groups is 1. The third-order valence-electron chi connectivity index (χ3n) is 4.47. The Morgan fingerprint density at radius 1 is 1.20 bits per heavy atom. The van der Waals surface area contributed by atoms with Gasteiger partial charge in [0.2, 0.25) is 5.91 Å². The molecule has 140 valence electrons. The van der Waals surface area contributed by atoms with E-state index in [1.807, 2.05) is 30.0 Å². The van der Waals surface area contributed by atoms with Gasteiger partial charge in [-0.2, -0.15) is 0 Å². The molecule has 8 heteroatoms. The standard InChI is InChI=1S/C17H26N2O5S/c1-13(19-8-10-25(21,22)11-9-19)17(20)18-7-6-14-4-5-15(23-2)16(12-14)24-3/h4-5,12-13H,6-11H2,1-3H3,(H,18,20). The number of nitrogens with zero attached hydrogens (tertiary/aromatic N) is 1. The number of methoxy groups -OCH3 is 2. The molecule has 1 atom stereocenters. The highest BCUT2D eigenvalue weighted by atomic mass is 32.2. The van der Waals surface area contributed by atoms with Crippen molar-refractivity contribution in [2.75, 3.05) is 45.4 Å². The molecule has 1 saturated heterocycles. The highest BCUT2D eigenvalue weighted by molar-refractivity contribution is 7.91. The van der Waals surface area contributed by atoms with Gasteiger partial charge in [0.05, 0.1) is 31.8 Å². The lowest BCUT2D eigenvalue weighted by atomic mass is 10.1. The maximum atomic E-state index is 12.3. The first-order valence-corrected chi connectivity index (χ1v) is 10.1. The zero-order valence-electron chi connectivity index (χ0n) is 14.9. The molecule has 7 nitrogen and oxygen atoms in total. The molecule has 1 amide bonds. The Bertz CT molecular complexity index is 691. The van der Waals surface area contributed by atoms with Gasteiger partial charge in [-0.25, -0.2) is 8.42 Å². The van der Waals surface area contributed by atoms with Gasteiger partial charge in [-0.1, -0.05) is 6.07 Å². The van der Waals surface area contributed by atoms with E-state index >= 15 is 0 Å². The van der Waals surface area contributed by atoms with Crippen molar-refractivity contribution in [1.29, 1.82) is 0 Å². The van der Waals surface area contributed by atoms with Gasteiger partial charge >= 0.3 is 0 Å². The average molecular weight is 370 g/mol. The summed E-state index contributed by atoms with van der Waals surface area (Å²) >= 11 is 0. The summed E-state index contributed by atoms with van der Waals surface area (Å²) in [6.45, 7) is 3.13. The van der Waals surface area contributed by atoms with Crippen LogP contribution in [0, 0.1) is 0 Å². The second-order valence-corrected chi connectivity index (χ2v) is 8.40. The van der Waals surface area contributed by atoms with Crippen LogP contribution in [0.1, 0.15) is 12.5 Å². The fourth-order valence-corrected chi connectivity index (χ4v) is 4.02. The summed E-state index contributed by atoms with van der Waals surface area (Å²) in [5, 5.41) is 2.91. The molecule has 1 aromatic rings. The van der Waals surface area contributed by atoms with E-state index in [0.717, 1.165) is 5.56 Å². The van der Waals surface area contributed by atoms with Crippen LogP contribution in [0.3, 0.4) is 0 Å². The van der Waals surface area contributed by atoms with Gasteiger partial charge < -0.3 is 14.8 Å². The van der Waals surface area contributed by atoms with Crippen LogP contribution in [0.25, 0.3) is 0 Å². The van der Waals surface area contributed by atoms with E-state index in [1.54, 1.807) is 14.2 Å². The zero-order valence-corrected chi connectivity index (χ0v) is 15.8. The van der Waals surface area contributed by atoms with E-state index < -0.39 is 9.84 Å². The summed E-state index contributed by atoms with van der Waals surface area (Å²) in [5.41, 5.74) is 1.04. The number of ether oxygens (including phenoxy) is 2. The highest BCUT2D eigenvalue weighted by Gasteiger charge is 2.28. The van der Waals surface area contributed by atoms with Crippen LogP contribution in [0.2, 0.25) is 0 Å². The lowest BCUT2D eigenvalue weighted by Crippen LogP contribution is -2.51.